The fraction of sp³-hybridized carbons (Fsp3) is 0.600. The maximum absolute atomic E-state index is 13.0. The highest BCUT2D eigenvalue weighted by molar-refractivity contribution is 7.89. The van der Waals surface area contributed by atoms with Gasteiger partial charge in [-0.1, -0.05) is 19.8 Å². The van der Waals surface area contributed by atoms with E-state index >= 15 is 0 Å². The Morgan fingerprint density at radius 1 is 1.33 bits per heavy atom. The molecule has 1 aromatic rings. The molecular weight excluding hydrogens is 288 g/mol. The first-order valence-corrected chi connectivity index (χ1v) is 8.81. The SMILES string of the molecule is CCN(C1CCCC1)S(=O)(=O)c1cc(N)c(C)cc1OC. The molecule has 2 N–H and O–H groups in total. The average Bonchev–Trinajstić information content (AvgIpc) is 2.95. The highest BCUT2D eigenvalue weighted by Crippen LogP contribution is 2.34. The van der Waals surface area contributed by atoms with Gasteiger partial charge in [0, 0.05) is 18.3 Å². The van der Waals surface area contributed by atoms with Gasteiger partial charge in [-0.3, -0.25) is 0 Å². The first-order chi connectivity index (χ1) is 9.91. The van der Waals surface area contributed by atoms with Gasteiger partial charge in [0.25, 0.3) is 0 Å². The van der Waals surface area contributed by atoms with E-state index in [1.165, 1.54) is 13.2 Å². The Morgan fingerprint density at radius 2 is 1.95 bits per heavy atom. The van der Waals surface area contributed by atoms with Gasteiger partial charge < -0.3 is 10.5 Å². The molecule has 1 aromatic carbocycles. The van der Waals surface area contributed by atoms with Crippen molar-refractivity contribution in [3.05, 3.63) is 17.7 Å². The summed E-state index contributed by atoms with van der Waals surface area (Å²) in [6.45, 7) is 4.17. The predicted molar refractivity (Wildman–Crippen MR) is 84.0 cm³/mol. The van der Waals surface area contributed by atoms with E-state index in [1.807, 2.05) is 13.8 Å². The first kappa shape index (κ1) is 16.1. The third-order valence-corrected chi connectivity index (χ3v) is 6.23. The van der Waals surface area contributed by atoms with Crippen molar-refractivity contribution in [2.75, 3.05) is 19.4 Å². The molecular formula is C15H24N2O3S. The third-order valence-electron chi connectivity index (χ3n) is 4.18. The summed E-state index contributed by atoms with van der Waals surface area (Å²) in [5, 5.41) is 0. The van der Waals surface area contributed by atoms with Gasteiger partial charge in [0.1, 0.15) is 10.6 Å². The van der Waals surface area contributed by atoms with Crippen LogP contribution in [0.2, 0.25) is 0 Å². The van der Waals surface area contributed by atoms with Crippen molar-refractivity contribution >= 4 is 15.7 Å². The summed E-state index contributed by atoms with van der Waals surface area (Å²) in [4.78, 5) is 0.168. The molecule has 6 heteroatoms. The van der Waals surface area contributed by atoms with E-state index in [2.05, 4.69) is 0 Å². The summed E-state index contributed by atoms with van der Waals surface area (Å²) in [6.07, 6.45) is 4.03. The minimum atomic E-state index is -3.59. The second-order valence-corrected chi connectivity index (χ2v) is 7.37. The van der Waals surface area contributed by atoms with Crippen molar-refractivity contribution in [2.24, 2.45) is 0 Å². The zero-order valence-corrected chi connectivity index (χ0v) is 13.7. The molecule has 0 aromatic heterocycles. The van der Waals surface area contributed by atoms with Crippen LogP contribution in [0.3, 0.4) is 0 Å². The molecule has 118 valence electrons. The van der Waals surface area contributed by atoms with Crippen LogP contribution in [0.25, 0.3) is 0 Å². The quantitative estimate of drug-likeness (QED) is 0.848. The lowest BCUT2D eigenvalue weighted by Gasteiger charge is -2.27. The Labute approximate surface area is 127 Å². The largest absolute Gasteiger partial charge is 0.495 e. The third kappa shape index (κ3) is 3.01. The standard InChI is InChI=1S/C15H24N2O3S/c1-4-17(12-7-5-6-8-12)21(18,19)15-10-13(16)11(2)9-14(15)20-3/h9-10,12H,4-8,16H2,1-3H3. The molecule has 0 spiro atoms. The van der Waals surface area contributed by atoms with Crippen LogP contribution in [-0.4, -0.2) is 32.4 Å². The fourth-order valence-corrected chi connectivity index (χ4v) is 4.85. The molecule has 0 bridgehead atoms. The molecule has 0 unspecified atom stereocenters. The number of anilines is 1. The molecule has 1 saturated carbocycles. The topological polar surface area (TPSA) is 72.6 Å². The summed E-state index contributed by atoms with van der Waals surface area (Å²) in [5.41, 5.74) is 7.18. The molecule has 0 amide bonds. The summed E-state index contributed by atoms with van der Waals surface area (Å²) in [5.74, 6) is 0.359. The Balaban J connectivity index is 2.49. The molecule has 1 aliphatic rings. The predicted octanol–water partition coefficient (Wildman–Crippen LogP) is 2.54. The number of nitrogen functional groups attached to an aromatic ring is 1. The lowest BCUT2D eigenvalue weighted by atomic mass is 10.2. The number of nitrogens with two attached hydrogens (primary N) is 1. The van der Waals surface area contributed by atoms with Crippen molar-refractivity contribution in [3.8, 4) is 5.75 Å². The molecule has 0 radical (unpaired) electrons. The highest BCUT2D eigenvalue weighted by atomic mass is 32.2. The maximum Gasteiger partial charge on any atom is 0.247 e. The van der Waals surface area contributed by atoms with Gasteiger partial charge in [0.15, 0.2) is 0 Å². The van der Waals surface area contributed by atoms with E-state index in [0.717, 1.165) is 31.2 Å². The fourth-order valence-electron chi connectivity index (χ4n) is 2.98. The van der Waals surface area contributed by atoms with E-state index in [-0.39, 0.29) is 10.9 Å². The highest BCUT2D eigenvalue weighted by Gasteiger charge is 2.34. The summed E-state index contributed by atoms with van der Waals surface area (Å²) in [6, 6.07) is 3.29. The van der Waals surface area contributed by atoms with Gasteiger partial charge in [-0.2, -0.15) is 4.31 Å². The Hall–Kier alpha value is -1.27. The van der Waals surface area contributed by atoms with E-state index < -0.39 is 10.0 Å². The number of aryl methyl sites for hydroxylation is 1. The smallest absolute Gasteiger partial charge is 0.247 e. The molecule has 0 saturated heterocycles. The number of benzene rings is 1. The summed E-state index contributed by atoms with van der Waals surface area (Å²) < 4.78 is 32.8. The van der Waals surface area contributed by atoms with Gasteiger partial charge in [0.05, 0.1) is 7.11 Å². The van der Waals surface area contributed by atoms with Crippen molar-refractivity contribution in [3.63, 3.8) is 0 Å². The average molecular weight is 312 g/mol. The van der Waals surface area contributed by atoms with Crippen LogP contribution in [-0.2, 0) is 10.0 Å². The zero-order valence-electron chi connectivity index (χ0n) is 12.9. The van der Waals surface area contributed by atoms with Crippen LogP contribution in [0.1, 0.15) is 38.2 Å². The zero-order chi connectivity index (χ0) is 15.6. The van der Waals surface area contributed by atoms with E-state index in [1.54, 1.807) is 10.4 Å². The molecule has 5 nitrogen and oxygen atoms in total. The van der Waals surface area contributed by atoms with Crippen molar-refractivity contribution in [1.82, 2.24) is 4.31 Å². The Bertz CT molecular complexity index is 608. The molecule has 1 aliphatic carbocycles. The van der Waals surface area contributed by atoms with Gasteiger partial charge in [-0.25, -0.2) is 8.42 Å². The first-order valence-electron chi connectivity index (χ1n) is 7.37. The number of ether oxygens (including phenoxy) is 1. The van der Waals surface area contributed by atoms with Gasteiger partial charge in [0.2, 0.25) is 10.0 Å². The van der Waals surface area contributed by atoms with Crippen molar-refractivity contribution in [1.29, 1.82) is 0 Å². The molecule has 0 heterocycles. The lowest BCUT2D eigenvalue weighted by Crippen LogP contribution is -2.38. The van der Waals surface area contributed by atoms with Crippen molar-refractivity contribution in [2.45, 2.75) is 50.5 Å². The van der Waals surface area contributed by atoms with Gasteiger partial charge in [-0.15, -0.1) is 0 Å². The van der Waals surface area contributed by atoms with Gasteiger partial charge in [-0.05, 0) is 37.5 Å². The normalized spacial score (nSPS) is 16.6. The minimum absolute atomic E-state index is 0.0900. The van der Waals surface area contributed by atoms with E-state index in [9.17, 15) is 8.42 Å². The second kappa shape index (κ2) is 6.23. The molecule has 21 heavy (non-hydrogen) atoms. The molecule has 1 fully saturated rings. The van der Waals surface area contributed by atoms with E-state index in [4.69, 9.17) is 10.5 Å². The van der Waals surface area contributed by atoms with Crippen LogP contribution in [0, 0.1) is 6.92 Å². The minimum Gasteiger partial charge on any atom is -0.495 e. The second-order valence-electron chi connectivity index (χ2n) is 5.51. The number of nitrogens with zero attached hydrogens (tertiary/aromatic N) is 1. The number of sulfonamides is 1. The summed E-state index contributed by atoms with van der Waals surface area (Å²) in [7, 11) is -2.11. The van der Waals surface area contributed by atoms with Crippen LogP contribution in [0.5, 0.6) is 5.75 Å². The Kier molecular flexibility index (Phi) is 4.78. The van der Waals surface area contributed by atoms with Crippen LogP contribution in [0.15, 0.2) is 17.0 Å². The number of rotatable bonds is 5. The van der Waals surface area contributed by atoms with Crippen molar-refractivity contribution < 1.29 is 13.2 Å². The molecule has 0 atom stereocenters. The summed E-state index contributed by atoms with van der Waals surface area (Å²) >= 11 is 0. The van der Waals surface area contributed by atoms with Crippen LogP contribution in [0.4, 0.5) is 5.69 Å². The van der Waals surface area contributed by atoms with E-state index in [0.29, 0.717) is 18.0 Å². The number of hydrogen-bond donors (Lipinski definition) is 1. The maximum atomic E-state index is 13.0. The van der Waals surface area contributed by atoms with Crippen LogP contribution < -0.4 is 10.5 Å². The van der Waals surface area contributed by atoms with Crippen LogP contribution >= 0.6 is 0 Å². The molecule has 0 aliphatic heterocycles. The number of hydrogen-bond acceptors (Lipinski definition) is 4. The lowest BCUT2D eigenvalue weighted by molar-refractivity contribution is 0.332. The Morgan fingerprint density at radius 3 is 2.48 bits per heavy atom. The number of methoxy groups -OCH3 is 1. The monoisotopic (exact) mass is 312 g/mol. The molecule has 2 rings (SSSR count). The van der Waals surface area contributed by atoms with Gasteiger partial charge >= 0.3 is 0 Å².